The van der Waals surface area contributed by atoms with E-state index in [0.29, 0.717) is 17.2 Å². The highest BCUT2D eigenvalue weighted by Gasteiger charge is 2.11. The van der Waals surface area contributed by atoms with Crippen LogP contribution in [0.2, 0.25) is 0 Å². The minimum Gasteiger partial charge on any atom is -0.497 e. The third kappa shape index (κ3) is 3.39. The van der Waals surface area contributed by atoms with Crippen LogP contribution < -0.4 is 9.47 Å². The van der Waals surface area contributed by atoms with Gasteiger partial charge in [-0.05, 0) is 24.3 Å². The van der Waals surface area contributed by atoms with Crippen molar-refractivity contribution in [1.82, 2.24) is 9.97 Å². The SMILES string of the molecule is COc1ccc(Oc2cnc(C(C)C)nc2CCl)cc1. The Labute approximate surface area is 123 Å². The number of rotatable bonds is 5. The highest BCUT2D eigenvalue weighted by Crippen LogP contribution is 2.27. The summed E-state index contributed by atoms with van der Waals surface area (Å²) in [5, 5.41) is 0. The summed E-state index contributed by atoms with van der Waals surface area (Å²) < 4.78 is 10.9. The van der Waals surface area contributed by atoms with E-state index in [1.54, 1.807) is 13.3 Å². The first kappa shape index (κ1) is 14.6. The van der Waals surface area contributed by atoms with Crippen LogP contribution in [0.25, 0.3) is 0 Å². The molecule has 0 radical (unpaired) electrons. The molecule has 2 rings (SSSR count). The fourth-order valence-electron chi connectivity index (χ4n) is 1.65. The van der Waals surface area contributed by atoms with Crippen molar-refractivity contribution in [3.05, 3.63) is 42.0 Å². The minimum atomic E-state index is 0.256. The van der Waals surface area contributed by atoms with Gasteiger partial charge in [0.15, 0.2) is 5.75 Å². The van der Waals surface area contributed by atoms with Crippen molar-refractivity contribution in [3.8, 4) is 17.2 Å². The van der Waals surface area contributed by atoms with Crippen LogP contribution in [0.4, 0.5) is 0 Å². The molecule has 5 heteroatoms. The van der Waals surface area contributed by atoms with Gasteiger partial charge in [-0.25, -0.2) is 9.97 Å². The zero-order valence-electron chi connectivity index (χ0n) is 11.8. The van der Waals surface area contributed by atoms with Gasteiger partial charge in [-0.15, -0.1) is 11.6 Å². The van der Waals surface area contributed by atoms with Crippen LogP contribution in [-0.4, -0.2) is 17.1 Å². The molecule has 0 spiro atoms. The van der Waals surface area contributed by atoms with Crippen molar-refractivity contribution >= 4 is 11.6 Å². The Morgan fingerprint density at radius 2 is 1.80 bits per heavy atom. The van der Waals surface area contributed by atoms with E-state index in [2.05, 4.69) is 9.97 Å². The summed E-state index contributed by atoms with van der Waals surface area (Å²) in [7, 11) is 1.62. The average molecular weight is 293 g/mol. The molecule has 0 saturated carbocycles. The maximum atomic E-state index is 5.93. The Kier molecular flexibility index (Phi) is 4.79. The third-order valence-electron chi connectivity index (χ3n) is 2.78. The summed E-state index contributed by atoms with van der Waals surface area (Å²) in [4.78, 5) is 8.73. The van der Waals surface area contributed by atoms with Gasteiger partial charge < -0.3 is 9.47 Å². The Hall–Kier alpha value is -1.81. The van der Waals surface area contributed by atoms with Gasteiger partial charge in [0.05, 0.1) is 19.2 Å². The van der Waals surface area contributed by atoms with Crippen LogP contribution in [0.3, 0.4) is 0 Å². The first-order chi connectivity index (χ1) is 9.63. The van der Waals surface area contributed by atoms with Crippen molar-refractivity contribution in [2.24, 2.45) is 0 Å². The molecule has 0 bridgehead atoms. The van der Waals surface area contributed by atoms with Crippen LogP contribution in [0.5, 0.6) is 17.2 Å². The van der Waals surface area contributed by atoms with Crippen molar-refractivity contribution in [1.29, 1.82) is 0 Å². The van der Waals surface area contributed by atoms with Gasteiger partial charge in [0, 0.05) is 5.92 Å². The fourth-order valence-corrected chi connectivity index (χ4v) is 1.84. The number of hydrogen-bond donors (Lipinski definition) is 0. The monoisotopic (exact) mass is 292 g/mol. The predicted molar refractivity (Wildman–Crippen MR) is 78.7 cm³/mol. The second-order valence-corrected chi connectivity index (χ2v) is 4.87. The van der Waals surface area contributed by atoms with E-state index in [4.69, 9.17) is 21.1 Å². The molecule has 20 heavy (non-hydrogen) atoms. The first-order valence-electron chi connectivity index (χ1n) is 6.37. The maximum absolute atomic E-state index is 5.93. The first-order valence-corrected chi connectivity index (χ1v) is 6.91. The molecule has 0 aliphatic rings. The van der Waals surface area contributed by atoms with Gasteiger partial charge in [-0.1, -0.05) is 13.8 Å². The zero-order chi connectivity index (χ0) is 14.5. The summed E-state index contributed by atoms with van der Waals surface area (Å²) in [5.41, 5.74) is 0.696. The number of hydrogen-bond acceptors (Lipinski definition) is 4. The van der Waals surface area contributed by atoms with E-state index in [9.17, 15) is 0 Å². The lowest BCUT2D eigenvalue weighted by atomic mass is 10.2. The second-order valence-electron chi connectivity index (χ2n) is 4.61. The summed E-state index contributed by atoms with van der Waals surface area (Å²) in [5.74, 6) is 3.36. The molecule has 0 saturated heterocycles. The molecule has 2 aromatic rings. The van der Waals surface area contributed by atoms with Gasteiger partial charge in [0.2, 0.25) is 0 Å². The van der Waals surface area contributed by atoms with Gasteiger partial charge in [-0.2, -0.15) is 0 Å². The molecule has 4 nitrogen and oxygen atoms in total. The lowest BCUT2D eigenvalue weighted by molar-refractivity contribution is 0.412. The van der Waals surface area contributed by atoms with Gasteiger partial charge in [0.25, 0.3) is 0 Å². The smallest absolute Gasteiger partial charge is 0.168 e. The van der Waals surface area contributed by atoms with E-state index < -0.39 is 0 Å². The summed E-state index contributed by atoms with van der Waals surface area (Å²) >= 11 is 5.93. The lowest BCUT2D eigenvalue weighted by Gasteiger charge is -2.11. The van der Waals surface area contributed by atoms with Crippen LogP contribution in [0.1, 0.15) is 31.3 Å². The standard InChI is InChI=1S/C15H17ClN2O2/c1-10(2)15-17-9-14(13(8-16)18-15)20-12-6-4-11(19-3)5-7-12/h4-7,9-10H,8H2,1-3H3. The molecule has 1 aromatic carbocycles. The van der Waals surface area contributed by atoms with E-state index in [1.807, 2.05) is 38.1 Å². The normalized spacial score (nSPS) is 10.7. The molecule has 0 aliphatic carbocycles. The van der Waals surface area contributed by atoms with Gasteiger partial charge >= 0.3 is 0 Å². The number of nitrogens with zero attached hydrogens (tertiary/aromatic N) is 2. The van der Waals surface area contributed by atoms with Crippen LogP contribution in [0, 0.1) is 0 Å². The minimum absolute atomic E-state index is 0.256. The summed E-state index contributed by atoms with van der Waals surface area (Å²) in [6.45, 7) is 4.08. The summed E-state index contributed by atoms with van der Waals surface area (Å²) in [6.07, 6.45) is 1.67. The molecule has 0 fully saturated rings. The number of ether oxygens (including phenoxy) is 2. The van der Waals surface area contributed by atoms with Gasteiger partial charge in [-0.3, -0.25) is 0 Å². The number of aromatic nitrogens is 2. The van der Waals surface area contributed by atoms with E-state index in [-0.39, 0.29) is 11.8 Å². The number of benzene rings is 1. The van der Waals surface area contributed by atoms with Gasteiger partial charge in [0.1, 0.15) is 23.0 Å². The maximum Gasteiger partial charge on any atom is 0.168 e. The molecular weight excluding hydrogens is 276 g/mol. The molecule has 0 unspecified atom stereocenters. The lowest BCUT2D eigenvalue weighted by Crippen LogP contribution is -2.02. The largest absolute Gasteiger partial charge is 0.497 e. The topological polar surface area (TPSA) is 44.2 Å². The third-order valence-corrected chi connectivity index (χ3v) is 3.03. The Balaban J connectivity index is 2.23. The Morgan fingerprint density at radius 3 is 2.35 bits per heavy atom. The fraction of sp³-hybridized carbons (Fsp3) is 0.333. The predicted octanol–water partition coefficient (Wildman–Crippen LogP) is 4.14. The average Bonchev–Trinajstić information content (AvgIpc) is 2.48. The molecule has 0 aliphatic heterocycles. The number of alkyl halides is 1. The van der Waals surface area contributed by atoms with Crippen LogP contribution >= 0.6 is 11.6 Å². The molecular formula is C15H17ClN2O2. The second kappa shape index (κ2) is 6.57. The van der Waals surface area contributed by atoms with Crippen molar-refractivity contribution < 1.29 is 9.47 Å². The Morgan fingerprint density at radius 1 is 1.15 bits per heavy atom. The van der Waals surface area contributed by atoms with E-state index in [0.717, 1.165) is 11.6 Å². The molecule has 0 N–H and O–H groups in total. The van der Waals surface area contributed by atoms with Crippen LogP contribution in [0.15, 0.2) is 30.5 Å². The van der Waals surface area contributed by atoms with Crippen molar-refractivity contribution in [2.45, 2.75) is 25.6 Å². The molecule has 1 aromatic heterocycles. The zero-order valence-corrected chi connectivity index (χ0v) is 12.5. The summed E-state index contributed by atoms with van der Waals surface area (Å²) in [6, 6.07) is 7.32. The molecule has 0 amide bonds. The van der Waals surface area contributed by atoms with Crippen molar-refractivity contribution in [2.75, 3.05) is 7.11 Å². The highest BCUT2D eigenvalue weighted by molar-refractivity contribution is 6.17. The van der Waals surface area contributed by atoms with Crippen LogP contribution in [-0.2, 0) is 5.88 Å². The Bertz CT molecular complexity index is 571. The quantitative estimate of drug-likeness (QED) is 0.777. The highest BCUT2D eigenvalue weighted by atomic mass is 35.5. The van der Waals surface area contributed by atoms with E-state index in [1.165, 1.54) is 0 Å². The number of halogens is 1. The van der Waals surface area contributed by atoms with Crippen molar-refractivity contribution in [3.63, 3.8) is 0 Å². The van der Waals surface area contributed by atoms with E-state index >= 15 is 0 Å². The molecule has 106 valence electrons. The molecule has 1 heterocycles. The number of methoxy groups -OCH3 is 1. The molecule has 0 atom stereocenters.